The average molecular weight is 275 g/mol. The fraction of sp³-hybridized carbons (Fsp3) is 0.692. The Morgan fingerprint density at radius 3 is 2.65 bits per heavy atom. The molecule has 0 radical (unpaired) electrons. The molecule has 1 heterocycles. The van der Waals surface area contributed by atoms with E-state index in [1.807, 2.05) is 12.1 Å². The summed E-state index contributed by atoms with van der Waals surface area (Å²) < 4.78 is 0.733. The number of thiophene rings is 1. The van der Waals surface area contributed by atoms with Crippen molar-refractivity contribution in [1.29, 1.82) is 0 Å². The van der Waals surface area contributed by atoms with Crippen LogP contribution in [0.15, 0.2) is 12.1 Å². The smallest absolute Gasteiger partial charge is 0.0931 e. The standard InChI is InChI=1S/C13H19ClO2S/c1-9-4-6-13(16,7-5-9)11(15)8-10-2-3-12(14)17-10/h2-3,9,11,15-16H,4-8H2,1H3. The molecule has 4 heteroatoms. The zero-order valence-corrected chi connectivity index (χ0v) is 11.6. The molecule has 0 bridgehead atoms. The molecular weight excluding hydrogens is 256 g/mol. The predicted octanol–water partition coefficient (Wildman–Crippen LogP) is 3.25. The summed E-state index contributed by atoms with van der Waals surface area (Å²) in [4.78, 5) is 1.04. The molecule has 0 aliphatic heterocycles. The Labute approximate surface area is 111 Å². The van der Waals surface area contributed by atoms with E-state index < -0.39 is 11.7 Å². The first-order valence-electron chi connectivity index (χ1n) is 6.14. The van der Waals surface area contributed by atoms with Gasteiger partial charge in [-0.05, 0) is 43.7 Å². The Bertz CT molecular complexity index is 369. The molecule has 1 aliphatic carbocycles. The summed E-state index contributed by atoms with van der Waals surface area (Å²) in [5.41, 5.74) is -0.900. The fourth-order valence-corrected chi connectivity index (χ4v) is 3.56. The van der Waals surface area contributed by atoms with Gasteiger partial charge in [-0.3, -0.25) is 0 Å². The lowest BCUT2D eigenvalue weighted by Crippen LogP contribution is -2.46. The second kappa shape index (κ2) is 5.27. The first kappa shape index (κ1) is 13.3. The molecule has 1 aromatic rings. The minimum Gasteiger partial charge on any atom is -0.390 e. The minimum atomic E-state index is -0.900. The van der Waals surface area contributed by atoms with Crippen molar-refractivity contribution in [3.05, 3.63) is 21.3 Å². The fourth-order valence-electron chi connectivity index (χ4n) is 2.44. The van der Waals surface area contributed by atoms with Gasteiger partial charge >= 0.3 is 0 Å². The second-order valence-corrected chi connectivity index (χ2v) is 7.01. The third-order valence-electron chi connectivity index (χ3n) is 3.78. The highest BCUT2D eigenvalue weighted by Crippen LogP contribution is 2.36. The molecular formula is C13H19ClO2S. The van der Waals surface area contributed by atoms with Crippen LogP contribution in [0.25, 0.3) is 0 Å². The summed E-state index contributed by atoms with van der Waals surface area (Å²) in [6.07, 6.45) is 3.23. The van der Waals surface area contributed by atoms with Crippen LogP contribution >= 0.6 is 22.9 Å². The molecule has 2 N–H and O–H groups in total. The molecule has 1 saturated carbocycles. The molecule has 1 atom stereocenters. The molecule has 1 aromatic heterocycles. The van der Waals surface area contributed by atoms with E-state index in [2.05, 4.69) is 6.92 Å². The zero-order chi connectivity index (χ0) is 12.5. The Morgan fingerprint density at radius 1 is 1.47 bits per heavy atom. The van der Waals surface area contributed by atoms with Crippen LogP contribution in [0.1, 0.15) is 37.5 Å². The maximum atomic E-state index is 10.4. The van der Waals surface area contributed by atoms with Crippen molar-refractivity contribution in [3.8, 4) is 0 Å². The van der Waals surface area contributed by atoms with E-state index >= 15 is 0 Å². The number of rotatable bonds is 3. The van der Waals surface area contributed by atoms with Gasteiger partial charge in [-0.2, -0.15) is 0 Å². The third kappa shape index (κ3) is 3.22. The molecule has 96 valence electrons. The van der Waals surface area contributed by atoms with Gasteiger partial charge in [-0.25, -0.2) is 0 Å². The summed E-state index contributed by atoms with van der Waals surface area (Å²) in [6.45, 7) is 2.20. The van der Waals surface area contributed by atoms with Crippen molar-refractivity contribution >= 4 is 22.9 Å². The molecule has 17 heavy (non-hydrogen) atoms. The van der Waals surface area contributed by atoms with Crippen molar-refractivity contribution in [1.82, 2.24) is 0 Å². The summed E-state index contributed by atoms with van der Waals surface area (Å²) >= 11 is 7.33. The Morgan fingerprint density at radius 2 is 2.12 bits per heavy atom. The van der Waals surface area contributed by atoms with Gasteiger partial charge in [-0.15, -0.1) is 11.3 Å². The van der Waals surface area contributed by atoms with Crippen molar-refractivity contribution in [2.75, 3.05) is 0 Å². The van der Waals surface area contributed by atoms with Gasteiger partial charge < -0.3 is 10.2 Å². The van der Waals surface area contributed by atoms with Crippen LogP contribution in [0.5, 0.6) is 0 Å². The zero-order valence-electron chi connectivity index (χ0n) is 10.0. The maximum Gasteiger partial charge on any atom is 0.0931 e. The summed E-state index contributed by atoms with van der Waals surface area (Å²) in [7, 11) is 0. The van der Waals surface area contributed by atoms with E-state index in [0.717, 1.165) is 22.1 Å². The van der Waals surface area contributed by atoms with E-state index in [-0.39, 0.29) is 0 Å². The van der Waals surface area contributed by atoms with Gasteiger partial charge in [0.05, 0.1) is 16.0 Å². The average Bonchev–Trinajstić information content (AvgIpc) is 2.68. The molecule has 1 unspecified atom stereocenters. The van der Waals surface area contributed by atoms with Gasteiger partial charge in [0, 0.05) is 11.3 Å². The van der Waals surface area contributed by atoms with Gasteiger partial charge in [0.2, 0.25) is 0 Å². The van der Waals surface area contributed by atoms with E-state index in [0.29, 0.717) is 25.2 Å². The Hall–Kier alpha value is -0.0900. The largest absolute Gasteiger partial charge is 0.390 e. The highest BCUT2D eigenvalue weighted by molar-refractivity contribution is 7.16. The summed E-state index contributed by atoms with van der Waals surface area (Å²) in [5.74, 6) is 0.665. The van der Waals surface area contributed by atoms with Crippen LogP contribution in [0.4, 0.5) is 0 Å². The summed E-state index contributed by atoms with van der Waals surface area (Å²) in [5, 5.41) is 20.6. The quantitative estimate of drug-likeness (QED) is 0.888. The lowest BCUT2D eigenvalue weighted by molar-refractivity contribution is -0.102. The van der Waals surface area contributed by atoms with E-state index in [9.17, 15) is 10.2 Å². The van der Waals surface area contributed by atoms with Crippen LogP contribution in [-0.2, 0) is 6.42 Å². The second-order valence-electron chi connectivity index (χ2n) is 5.21. The van der Waals surface area contributed by atoms with Gasteiger partial charge in [0.1, 0.15) is 0 Å². The molecule has 2 nitrogen and oxygen atoms in total. The summed E-state index contributed by atoms with van der Waals surface area (Å²) in [6, 6.07) is 3.76. The van der Waals surface area contributed by atoms with Crippen molar-refractivity contribution in [2.24, 2.45) is 5.92 Å². The van der Waals surface area contributed by atoms with Crippen LogP contribution in [0.2, 0.25) is 4.34 Å². The van der Waals surface area contributed by atoms with E-state index in [1.54, 1.807) is 0 Å². The molecule has 0 amide bonds. The van der Waals surface area contributed by atoms with Crippen molar-refractivity contribution in [3.63, 3.8) is 0 Å². The minimum absolute atomic E-state index is 0.502. The van der Waals surface area contributed by atoms with Crippen LogP contribution in [0.3, 0.4) is 0 Å². The number of aliphatic hydroxyl groups excluding tert-OH is 1. The monoisotopic (exact) mass is 274 g/mol. The van der Waals surface area contributed by atoms with Crippen LogP contribution < -0.4 is 0 Å². The topological polar surface area (TPSA) is 40.5 Å². The molecule has 2 rings (SSSR count). The van der Waals surface area contributed by atoms with E-state index in [4.69, 9.17) is 11.6 Å². The van der Waals surface area contributed by atoms with Crippen LogP contribution in [-0.4, -0.2) is 21.9 Å². The van der Waals surface area contributed by atoms with Gasteiger partial charge in [-0.1, -0.05) is 18.5 Å². The highest BCUT2D eigenvalue weighted by atomic mass is 35.5. The van der Waals surface area contributed by atoms with Crippen molar-refractivity contribution in [2.45, 2.75) is 50.7 Å². The number of halogens is 1. The maximum absolute atomic E-state index is 10.4. The normalized spacial score (nSPS) is 31.4. The lowest BCUT2D eigenvalue weighted by atomic mass is 9.76. The molecule has 1 fully saturated rings. The Kier molecular flexibility index (Phi) is 4.14. The SMILES string of the molecule is CC1CCC(O)(C(O)Cc2ccc(Cl)s2)CC1. The number of hydrogen-bond donors (Lipinski definition) is 2. The first-order chi connectivity index (χ1) is 7.99. The molecule has 0 saturated heterocycles. The van der Waals surface area contributed by atoms with E-state index in [1.165, 1.54) is 11.3 Å². The van der Waals surface area contributed by atoms with Gasteiger partial charge in [0.15, 0.2) is 0 Å². The Balaban J connectivity index is 1.97. The molecule has 0 spiro atoms. The third-order valence-corrected chi connectivity index (χ3v) is 5.04. The first-order valence-corrected chi connectivity index (χ1v) is 7.34. The molecule has 0 aromatic carbocycles. The van der Waals surface area contributed by atoms with Crippen LogP contribution in [0, 0.1) is 5.92 Å². The predicted molar refractivity (Wildman–Crippen MR) is 71.6 cm³/mol. The van der Waals surface area contributed by atoms with Gasteiger partial charge in [0.25, 0.3) is 0 Å². The molecule has 1 aliphatic rings. The van der Waals surface area contributed by atoms with Crippen molar-refractivity contribution < 1.29 is 10.2 Å². The lowest BCUT2D eigenvalue weighted by Gasteiger charge is -2.38. The number of hydrogen-bond acceptors (Lipinski definition) is 3. The number of aliphatic hydroxyl groups is 2. The highest BCUT2D eigenvalue weighted by Gasteiger charge is 2.38.